The Kier molecular flexibility index (Phi) is 7.30. The zero-order chi connectivity index (χ0) is 25.1. The predicted molar refractivity (Wildman–Crippen MR) is 141 cm³/mol. The standard InChI is InChI=1S/C31H34N2O3/c1-22-8-12-24(13-9-22)29(25-14-10-23(2)11-15-25)36-26-16-20-32(21-17-26)18-5-19-33-30(34)27-6-3-4-7-28(27)31(33)35/h3-4,6-15,26,29H,5,16-21H2,1-2H3. The lowest BCUT2D eigenvalue weighted by atomic mass is 9.98. The van der Waals surface area contributed by atoms with Gasteiger partial charge in [-0.05, 0) is 62.9 Å². The van der Waals surface area contributed by atoms with Gasteiger partial charge in [0, 0.05) is 19.6 Å². The van der Waals surface area contributed by atoms with Crippen LogP contribution in [0.2, 0.25) is 0 Å². The third-order valence-corrected chi connectivity index (χ3v) is 7.36. The van der Waals surface area contributed by atoms with E-state index in [1.807, 2.05) is 12.1 Å². The van der Waals surface area contributed by atoms with Crippen LogP contribution >= 0.6 is 0 Å². The van der Waals surface area contributed by atoms with E-state index in [1.54, 1.807) is 12.1 Å². The van der Waals surface area contributed by atoms with E-state index in [-0.39, 0.29) is 24.0 Å². The molecule has 186 valence electrons. The minimum Gasteiger partial charge on any atom is -0.365 e. The average molecular weight is 483 g/mol. The van der Waals surface area contributed by atoms with Crippen LogP contribution in [-0.4, -0.2) is 53.9 Å². The molecule has 1 saturated heterocycles. The Hall–Kier alpha value is -3.28. The Morgan fingerprint density at radius 3 is 1.75 bits per heavy atom. The predicted octanol–water partition coefficient (Wildman–Crippen LogP) is 5.56. The summed E-state index contributed by atoms with van der Waals surface area (Å²) in [6.45, 7) is 7.47. The number of hydrogen-bond acceptors (Lipinski definition) is 4. The number of hydrogen-bond donors (Lipinski definition) is 0. The highest BCUT2D eigenvalue weighted by atomic mass is 16.5. The normalized spacial score (nSPS) is 16.7. The first-order valence-corrected chi connectivity index (χ1v) is 13.0. The molecule has 5 nitrogen and oxygen atoms in total. The molecule has 2 amide bonds. The Morgan fingerprint density at radius 2 is 1.25 bits per heavy atom. The fourth-order valence-electron chi connectivity index (χ4n) is 5.19. The van der Waals surface area contributed by atoms with Gasteiger partial charge in [0.05, 0.1) is 17.2 Å². The van der Waals surface area contributed by atoms with Gasteiger partial charge in [-0.25, -0.2) is 0 Å². The Balaban J connectivity index is 1.14. The molecule has 3 aromatic rings. The highest BCUT2D eigenvalue weighted by molar-refractivity contribution is 6.21. The number of fused-ring (bicyclic) bond motifs is 1. The van der Waals surface area contributed by atoms with Gasteiger partial charge in [0.25, 0.3) is 11.8 Å². The van der Waals surface area contributed by atoms with Gasteiger partial charge in [-0.2, -0.15) is 0 Å². The maximum absolute atomic E-state index is 12.6. The zero-order valence-corrected chi connectivity index (χ0v) is 21.2. The second kappa shape index (κ2) is 10.8. The first-order valence-electron chi connectivity index (χ1n) is 13.0. The number of amides is 2. The molecular formula is C31H34N2O3. The maximum atomic E-state index is 12.6. The van der Waals surface area contributed by atoms with Crippen LogP contribution in [0.3, 0.4) is 0 Å². The number of aryl methyl sites for hydroxylation is 2. The lowest BCUT2D eigenvalue weighted by Gasteiger charge is -2.34. The number of likely N-dealkylation sites (tertiary alicyclic amines) is 1. The molecule has 2 heterocycles. The molecule has 0 aromatic heterocycles. The third-order valence-electron chi connectivity index (χ3n) is 7.36. The molecule has 2 aliphatic rings. The summed E-state index contributed by atoms with van der Waals surface area (Å²) < 4.78 is 6.72. The van der Waals surface area contributed by atoms with Crippen molar-refractivity contribution < 1.29 is 14.3 Å². The maximum Gasteiger partial charge on any atom is 0.261 e. The Bertz CT molecular complexity index is 1130. The van der Waals surface area contributed by atoms with Crippen molar-refractivity contribution in [3.63, 3.8) is 0 Å². The van der Waals surface area contributed by atoms with Crippen molar-refractivity contribution in [1.29, 1.82) is 0 Å². The zero-order valence-electron chi connectivity index (χ0n) is 21.2. The van der Waals surface area contributed by atoms with E-state index in [0.29, 0.717) is 17.7 Å². The number of rotatable bonds is 8. The van der Waals surface area contributed by atoms with E-state index in [4.69, 9.17) is 4.74 Å². The molecule has 0 saturated carbocycles. The lowest BCUT2D eigenvalue weighted by Crippen LogP contribution is -2.39. The Morgan fingerprint density at radius 1 is 0.750 bits per heavy atom. The van der Waals surface area contributed by atoms with Crippen molar-refractivity contribution in [2.24, 2.45) is 0 Å². The number of piperidine rings is 1. The molecule has 0 unspecified atom stereocenters. The fraction of sp³-hybridized carbons (Fsp3) is 0.355. The van der Waals surface area contributed by atoms with Crippen molar-refractivity contribution in [2.45, 2.75) is 45.3 Å². The van der Waals surface area contributed by atoms with Crippen LogP contribution in [0.15, 0.2) is 72.8 Å². The number of carbonyl (C=O) groups excluding carboxylic acids is 2. The summed E-state index contributed by atoms with van der Waals surface area (Å²) in [5, 5.41) is 0. The van der Waals surface area contributed by atoms with Crippen molar-refractivity contribution in [1.82, 2.24) is 9.80 Å². The van der Waals surface area contributed by atoms with Crippen LogP contribution in [0.5, 0.6) is 0 Å². The van der Waals surface area contributed by atoms with E-state index < -0.39 is 0 Å². The van der Waals surface area contributed by atoms with Crippen LogP contribution in [0.4, 0.5) is 0 Å². The van der Waals surface area contributed by atoms with Gasteiger partial charge in [0.15, 0.2) is 0 Å². The van der Waals surface area contributed by atoms with E-state index in [9.17, 15) is 9.59 Å². The van der Waals surface area contributed by atoms with Gasteiger partial charge in [0.1, 0.15) is 6.10 Å². The van der Waals surface area contributed by atoms with Crippen LogP contribution in [0.25, 0.3) is 0 Å². The van der Waals surface area contributed by atoms with Crippen molar-refractivity contribution in [3.8, 4) is 0 Å². The van der Waals surface area contributed by atoms with Crippen LogP contribution in [0.1, 0.15) is 68.3 Å². The molecular weight excluding hydrogens is 448 g/mol. The average Bonchev–Trinajstić information content (AvgIpc) is 3.14. The molecule has 5 heteroatoms. The van der Waals surface area contributed by atoms with Gasteiger partial charge in [-0.3, -0.25) is 14.5 Å². The second-order valence-electron chi connectivity index (χ2n) is 10.0. The molecule has 5 rings (SSSR count). The van der Waals surface area contributed by atoms with Gasteiger partial charge in [-0.1, -0.05) is 71.8 Å². The van der Waals surface area contributed by atoms with Crippen molar-refractivity contribution in [3.05, 3.63) is 106 Å². The summed E-state index contributed by atoms with van der Waals surface area (Å²) >= 11 is 0. The summed E-state index contributed by atoms with van der Waals surface area (Å²) in [5.41, 5.74) is 5.92. The molecule has 1 fully saturated rings. The summed E-state index contributed by atoms with van der Waals surface area (Å²) in [4.78, 5) is 29.0. The molecule has 0 N–H and O–H groups in total. The first kappa shape index (κ1) is 24.4. The summed E-state index contributed by atoms with van der Waals surface area (Å²) in [6.07, 6.45) is 2.86. The molecule has 2 aliphatic heterocycles. The van der Waals surface area contributed by atoms with Gasteiger partial charge < -0.3 is 9.64 Å². The fourth-order valence-corrected chi connectivity index (χ4v) is 5.19. The number of carbonyl (C=O) groups is 2. The van der Waals surface area contributed by atoms with Gasteiger partial charge >= 0.3 is 0 Å². The number of benzene rings is 3. The van der Waals surface area contributed by atoms with E-state index in [2.05, 4.69) is 67.3 Å². The molecule has 36 heavy (non-hydrogen) atoms. The molecule has 3 aromatic carbocycles. The second-order valence-corrected chi connectivity index (χ2v) is 10.0. The first-order chi connectivity index (χ1) is 17.5. The SMILES string of the molecule is Cc1ccc(C(OC2CCN(CCCN3C(=O)c4ccccc4C3=O)CC2)c2ccc(C)cc2)cc1. The van der Waals surface area contributed by atoms with E-state index >= 15 is 0 Å². The third kappa shape index (κ3) is 5.28. The molecule has 0 spiro atoms. The highest BCUT2D eigenvalue weighted by Gasteiger charge is 2.34. The minimum atomic E-state index is -0.166. The topological polar surface area (TPSA) is 49.9 Å². The molecule has 0 aliphatic carbocycles. The van der Waals surface area contributed by atoms with Crippen molar-refractivity contribution in [2.75, 3.05) is 26.2 Å². The summed E-state index contributed by atoms with van der Waals surface area (Å²) in [5.74, 6) is -0.332. The quantitative estimate of drug-likeness (QED) is 0.395. The minimum absolute atomic E-state index is 0.0726. The largest absolute Gasteiger partial charge is 0.365 e. The summed E-state index contributed by atoms with van der Waals surface area (Å²) in [6, 6.07) is 24.4. The van der Waals surface area contributed by atoms with Crippen LogP contribution < -0.4 is 0 Å². The highest BCUT2D eigenvalue weighted by Crippen LogP contribution is 2.31. The lowest BCUT2D eigenvalue weighted by molar-refractivity contribution is -0.0271. The van der Waals surface area contributed by atoms with Crippen molar-refractivity contribution >= 4 is 11.8 Å². The van der Waals surface area contributed by atoms with Gasteiger partial charge in [-0.15, -0.1) is 0 Å². The molecule has 0 bridgehead atoms. The smallest absolute Gasteiger partial charge is 0.261 e. The Labute approximate surface area is 213 Å². The van der Waals surface area contributed by atoms with E-state index in [1.165, 1.54) is 27.2 Å². The van der Waals surface area contributed by atoms with E-state index in [0.717, 1.165) is 38.9 Å². The number of nitrogens with zero attached hydrogens (tertiary/aromatic N) is 2. The monoisotopic (exact) mass is 482 g/mol. The van der Waals surface area contributed by atoms with Gasteiger partial charge in [0.2, 0.25) is 0 Å². The number of ether oxygens (including phenoxy) is 1. The molecule has 0 radical (unpaired) electrons. The number of imide groups is 1. The molecule has 0 atom stereocenters. The summed E-state index contributed by atoms with van der Waals surface area (Å²) in [7, 11) is 0. The van der Waals surface area contributed by atoms with Crippen LogP contribution in [0, 0.1) is 13.8 Å². The van der Waals surface area contributed by atoms with Crippen LogP contribution in [-0.2, 0) is 4.74 Å².